The number of rotatable bonds is 7. The second kappa shape index (κ2) is 10.2. The van der Waals surface area contributed by atoms with Crippen LogP contribution >= 0.6 is 0 Å². The lowest BCUT2D eigenvalue weighted by atomic mass is 9.98. The van der Waals surface area contributed by atoms with Gasteiger partial charge in [0.2, 0.25) is 0 Å². The van der Waals surface area contributed by atoms with E-state index in [0.29, 0.717) is 24.1 Å². The summed E-state index contributed by atoms with van der Waals surface area (Å²) in [5, 5.41) is 19.3. The van der Waals surface area contributed by atoms with E-state index < -0.39 is 17.8 Å². The van der Waals surface area contributed by atoms with E-state index in [4.69, 9.17) is 11.5 Å². The Labute approximate surface area is 222 Å². The number of nitrogens with one attached hydrogen (secondary N) is 2. The number of carboxylic acid groups (broad SMARTS) is 1. The molecule has 198 valence electrons. The molecule has 0 radical (unpaired) electrons. The van der Waals surface area contributed by atoms with E-state index in [1.54, 1.807) is 43.3 Å². The third-order valence-corrected chi connectivity index (χ3v) is 6.57. The van der Waals surface area contributed by atoms with Crippen LogP contribution in [0.3, 0.4) is 0 Å². The number of nitrogens with two attached hydrogens (primary N) is 2. The zero-order valence-electron chi connectivity index (χ0n) is 20.9. The lowest BCUT2D eigenvalue weighted by molar-refractivity contribution is 0.0695. The molecular weight excluding hydrogens is 502 g/mol. The van der Waals surface area contributed by atoms with Gasteiger partial charge >= 0.3 is 5.97 Å². The Balaban J connectivity index is 1.36. The third-order valence-electron chi connectivity index (χ3n) is 6.57. The summed E-state index contributed by atoms with van der Waals surface area (Å²) in [6, 6.07) is 11.4. The topological polar surface area (TPSA) is 203 Å². The summed E-state index contributed by atoms with van der Waals surface area (Å²) >= 11 is 0. The Morgan fingerprint density at radius 3 is 2.74 bits per heavy atom. The average Bonchev–Trinajstić information content (AvgIpc) is 3.54. The first-order valence-electron chi connectivity index (χ1n) is 12.1. The Kier molecular flexibility index (Phi) is 6.63. The van der Waals surface area contributed by atoms with Gasteiger partial charge in [-0.2, -0.15) is 14.6 Å². The van der Waals surface area contributed by atoms with Crippen LogP contribution in [0.25, 0.3) is 5.78 Å². The SMILES string of the molecule is Cc1c(C(=O)O)ccc2c1CC[C@@H]2NC(=O)c1cc(C(=O)NCc2cccc(N=C(N)N)c2)nc2ncnn12. The number of amides is 2. The number of aromatic nitrogens is 4. The van der Waals surface area contributed by atoms with E-state index in [0.717, 1.165) is 16.7 Å². The Morgan fingerprint density at radius 2 is 1.97 bits per heavy atom. The van der Waals surface area contributed by atoms with Gasteiger partial charge in [0.25, 0.3) is 17.6 Å². The van der Waals surface area contributed by atoms with Crippen molar-refractivity contribution in [3.8, 4) is 0 Å². The zero-order chi connectivity index (χ0) is 27.7. The van der Waals surface area contributed by atoms with Gasteiger partial charge in [-0.1, -0.05) is 18.2 Å². The number of fused-ring (bicyclic) bond motifs is 2. The molecule has 39 heavy (non-hydrogen) atoms. The first-order chi connectivity index (χ1) is 18.7. The molecule has 1 aliphatic carbocycles. The number of carbonyl (C=O) groups is 3. The molecule has 1 atom stereocenters. The summed E-state index contributed by atoms with van der Waals surface area (Å²) in [5.74, 6) is -1.94. The molecule has 2 heterocycles. The summed E-state index contributed by atoms with van der Waals surface area (Å²) < 4.78 is 1.26. The molecule has 0 saturated heterocycles. The highest BCUT2D eigenvalue weighted by molar-refractivity contribution is 5.98. The van der Waals surface area contributed by atoms with Gasteiger partial charge in [0.15, 0.2) is 5.96 Å². The van der Waals surface area contributed by atoms with Gasteiger partial charge in [0.1, 0.15) is 17.7 Å². The maximum Gasteiger partial charge on any atom is 0.335 e. The van der Waals surface area contributed by atoms with E-state index in [9.17, 15) is 19.5 Å². The molecule has 0 saturated carbocycles. The van der Waals surface area contributed by atoms with E-state index in [2.05, 4.69) is 30.7 Å². The highest BCUT2D eigenvalue weighted by Gasteiger charge is 2.29. The molecule has 2 aromatic carbocycles. The van der Waals surface area contributed by atoms with Crippen molar-refractivity contribution in [1.82, 2.24) is 30.2 Å². The Bertz CT molecular complexity index is 1660. The number of benzene rings is 2. The minimum atomic E-state index is -0.986. The molecule has 4 aromatic rings. The van der Waals surface area contributed by atoms with Crippen LogP contribution in [0.4, 0.5) is 5.69 Å². The molecule has 0 unspecified atom stereocenters. The van der Waals surface area contributed by atoms with Crippen LogP contribution in [0.1, 0.15) is 66.1 Å². The van der Waals surface area contributed by atoms with Gasteiger partial charge in [-0.05, 0) is 60.2 Å². The number of hydrogen-bond acceptors (Lipinski definition) is 7. The van der Waals surface area contributed by atoms with E-state index in [1.807, 2.05) is 0 Å². The van der Waals surface area contributed by atoms with Gasteiger partial charge < -0.3 is 27.2 Å². The third kappa shape index (κ3) is 5.09. The van der Waals surface area contributed by atoms with Gasteiger partial charge in [-0.15, -0.1) is 0 Å². The molecule has 0 aliphatic heterocycles. The second-order valence-electron chi connectivity index (χ2n) is 9.06. The number of carbonyl (C=O) groups excluding carboxylic acids is 2. The van der Waals surface area contributed by atoms with Crippen molar-refractivity contribution in [2.24, 2.45) is 16.5 Å². The molecule has 13 heteroatoms. The summed E-state index contributed by atoms with van der Waals surface area (Å²) in [7, 11) is 0. The monoisotopic (exact) mass is 527 g/mol. The predicted molar refractivity (Wildman–Crippen MR) is 141 cm³/mol. The fourth-order valence-corrected chi connectivity index (χ4v) is 4.74. The number of nitrogens with zero attached hydrogens (tertiary/aromatic N) is 5. The summed E-state index contributed by atoms with van der Waals surface area (Å²) in [6.45, 7) is 1.95. The first-order valence-corrected chi connectivity index (χ1v) is 12.1. The smallest absolute Gasteiger partial charge is 0.335 e. The van der Waals surface area contributed by atoms with Crippen LogP contribution in [0.15, 0.2) is 53.8 Å². The number of guanidine groups is 1. The lowest BCUT2D eigenvalue weighted by Gasteiger charge is -2.16. The average molecular weight is 528 g/mol. The molecule has 7 N–H and O–H groups in total. The molecule has 5 rings (SSSR count). The fraction of sp³-hybridized carbons (Fsp3) is 0.192. The standard InChI is InChI=1S/C26H25N9O4/c1-13-16-7-8-19(18(16)6-5-17(13)24(38)39)33-23(37)21-10-20(34-26-30-12-31-35(21)26)22(36)29-11-14-3-2-4-15(9-14)32-25(27)28/h2-6,9-10,12,19H,7-8,11H2,1H3,(H,29,36)(H,33,37)(H,38,39)(H4,27,28,32)/t19-/m0/s1. The van der Waals surface area contributed by atoms with E-state index >= 15 is 0 Å². The molecule has 2 aromatic heterocycles. The van der Waals surface area contributed by atoms with Crippen molar-refractivity contribution in [3.63, 3.8) is 0 Å². The molecule has 0 bridgehead atoms. The molecular formula is C26H25N9O4. The van der Waals surface area contributed by atoms with Gasteiger partial charge in [0, 0.05) is 12.6 Å². The van der Waals surface area contributed by atoms with Crippen LogP contribution in [0, 0.1) is 6.92 Å². The van der Waals surface area contributed by atoms with Gasteiger partial charge in [-0.25, -0.2) is 14.8 Å². The number of aliphatic imine (C=N–C) groups is 1. The minimum absolute atomic E-state index is 0.00482. The number of carboxylic acids is 1. The van der Waals surface area contributed by atoms with Crippen molar-refractivity contribution in [1.29, 1.82) is 0 Å². The number of hydrogen-bond donors (Lipinski definition) is 5. The highest BCUT2D eigenvalue weighted by atomic mass is 16.4. The van der Waals surface area contributed by atoms with Crippen molar-refractivity contribution in [2.45, 2.75) is 32.4 Å². The summed E-state index contributed by atoms with van der Waals surface area (Å²) in [5.41, 5.74) is 15.0. The lowest BCUT2D eigenvalue weighted by Crippen LogP contribution is -2.30. The van der Waals surface area contributed by atoms with Crippen LogP contribution < -0.4 is 22.1 Å². The fourth-order valence-electron chi connectivity index (χ4n) is 4.74. The molecule has 13 nitrogen and oxygen atoms in total. The van der Waals surface area contributed by atoms with Crippen molar-refractivity contribution in [2.75, 3.05) is 0 Å². The van der Waals surface area contributed by atoms with Gasteiger partial charge in [-0.3, -0.25) is 9.59 Å². The van der Waals surface area contributed by atoms with Crippen LogP contribution in [0.2, 0.25) is 0 Å². The quantitative estimate of drug-likeness (QED) is 0.174. The summed E-state index contributed by atoms with van der Waals surface area (Å²) in [4.78, 5) is 50.1. The first kappa shape index (κ1) is 25.3. The maximum absolute atomic E-state index is 13.4. The molecule has 1 aliphatic rings. The predicted octanol–water partition coefficient (Wildman–Crippen LogP) is 1.38. The zero-order valence-corrected chi connectivity index (χ0v) is 20.9. The molecule has 2 amide bonds. The Hall–Kier alpha value is -5.33. The van der Waals surface area contributed by atoms with E-state index in [-0.39, 0.29) is 41.3 Å². The van der Waals surface area contributed by atoms with Crippen molar-refractivity contribution in [3.05, 3.63) is 88.0 Å². The minimum Gasteiger partial charge on any atom is -0.478 e. The second-order valence-corrected chi connectivity index (χ2v) is 9.06. The van der Waals surface area contributed by atoms with Crippen LogP contribution in [-0.2, 0) is 13.0 Å². The maximum atomic E-state index is 13.4. The van der Waals surface area contributed by atoms with Crippen molar-refractivity contribution < 1.29 is 19.5 Å². The summed E-state index contributed by atoms with van der Waals surface area (Å²) in [6.07, 6.45) is 2.50. The molecule has 0 fully saturated rings. The van der Waals surface area contributed by atoms with Gasteiger partial charge in [0.05, 0.1) is 17.3 Å². The highest BCUT2D eigenvalue weighted by Crippen LogP contribution is 2.35. The number of aromatic carboxylic acids is 1. The van der Waals surface area contributed by atoms with Crippen molar-refractivity contribution >= 4 is 35.2 Å². The Morgan fingerprint density at radius 1 is 1.15 bits per heavy atom. The molecule has 0 spiro atoms. The normalized spacial score (nSPS) is 14.0. The van der Waals surface area contributed by atoms with Crippen LogP contribution in [-0.4, -0.2) is 48.4 Å². The van der Waals surface area contributed by atoms with Crippen LogP contribution in [0.5, 0.6) is 0 Å². The largest absolute Gasteiger partial charge is 0.478 e. The van der Waals surface area contributed by atoms with E-state index in [1.165, 1.54) is 16.9 Å².